The smallest absolute Gasteiger partial charge is 0.241 e. The number of hydrogen-bond acceptors (Lipinski definition) is 5. The van der Waals surface area contributed by atoms with Crippen LogP contribution in [0, 0.1) is 0 Å². The standard InChI is InChI=1S/C18H22N4O/c1-3-9-18(10-4-2)11-7-13-22(18)14-16-20-17(21-23-16)15-8-5-6-12-19-15/h3-6,8,12H,1-2,7,9-11,13-14H2. The first-order chi connectivity index (χ1) is 11.3. The molecule has 0 aliphatic carbocycles. The highest BCUT2D eigenvalue weighted by Gasteiger charge is 2.39. The van der Waals surface area contributed by atoms with E-state index in [0.29, 0.717) is 18.3 Å². The van der Waals surface area contributed by atoms with Gasteiger partial charge in [-0.1, -0.05) is 23.4 Å². The summed E-state index contributed by atoms with van der Waals surface area (Å²) in [4.78, 5) is 11.2. The number of pyridine rings is 1. The van der Waals surface area contributed by atoms with E-state index >= 15 is 0 Å². The third kappa shape index (κ3) is 3.24. The van der Waals surface area contributed by atoms with Gasteiger partial charge in [0.2, 0.25) is 11.7 Å². The summed E-state index contributed by atoms with van der Waals surface area (Å²) in [5.41, 5.74) is 0.815. The van der Waals surface area contributed by atoms with Crippen molar-refractivity contribution in [3.8, 4) is 11.5 Å². The predicted octanol–water partition coefficient (Wildman–Crippen LogP) is 3.62. The second-order valence-corrected chi connectivity index (χ2v) is 5.96. The van der Waals surface area contributed by atoms with E-state index in [1.165, 1.54) is 6.42 Å². The van der Waals surface area contributed by atoms with Gasteiger partial charge in [-0.25, -0.2) is 0 Å². The maximum Gasteiger partial charge on any atom is 0.241 e. The molecule has 0 unspecified atom stereocenters. The van der Waals surface area contributed by atoms with Crippen molar-refractivity contribution >= 4 is 0 Å². The van der Waals surface area contributed by atoms with Crippen molar-refractivity contribution in [1.82, 2.24) is 20.0 Å². The molecule has 0 N–H and O–H groups in total. The summed E-state index contributed by atoms with van der Waals surface area (Å²) in [7, 11) is 0. The quantitative estimate of drug-likeness (QED) is 0.731. The van der Waals surface area contributed by atoms with Crippen LogP contribution >= 0.6 is 0 Å². The fourth-order valence-electron chi connectivity index (χ4n) is 3.41. The van der Waals surface area contributed by atoms with Gasteiger partial charge in [-0.3, -0.25) is 9.88 Å². The molecule has 0 amide bonds. The van der Waals surface area contributed by atoms with E-state index in [4.69, 9.17) is 4.52 Å². The zero-order valence-electron chi connectivity index (χ0n) is 13.3. The zero-order chi connectivity index (χ0) is 16.1. The summed E-state index contributed by atoms with van der Waals surface area (Å²) in [5, 5.41) is 4.05. The Bertz CT molecular complexity index is 655. The average molecular weight is 310 g/mol. The Labute approximate surface area is 136 Å². The number of aromatic nitrogens is 3. The van der Waals surface area contributed by atoms with E-state index in [2.05, 4.69) is 33.2 Å². The molecule has 0 spiro atoms. The van der Waals surface area contributed by atoms with Crippen LogP contribution < -0.4 is 0 Å². The first-order valence-corrected chi connectivity index (χ1v) is 7.98. The van der Waals surface area contributed by atoms with Crippen LogP contribution in [-0.2, 0) is 6.54 Å². The molecule has 0 saturated carbocycles. The molecule has 5 heteroatoms. The third-order valence-electron chi connectivity index (χ3n) is 4.48. The van der Waals surface area contributed by atoms with Gasteiger partial charge < -0.3 is 4.52 Å². The van der Waals surface area contributed by atoms with Gasteiger partial charge in [0.1, 0.15) is 5.69 Å². The maximum atomic E-state index is 5.44. The van der Waals surface area contributed by atoms with Crippen molar-refractivity contribution in [3.63, 3.8) is 0 Å². The van der Waals surface area contributed by atoms with E-state index in [1.54, 1.807) is 6.20 Å². The molecule has 1 aliphatic rings. The Morgan fingerprint density at radius 2 is 2.09 bits per heavy atom. The third-order valence-corrected chi connectivity index (χ3v) is 4.48. The van der Waals surface area contributed by atoms with Crippen molar-refractivity contribution in [2.45, 2.75) is 37.8 Å². The Balaban J connectivity index is 1.77. The summed E-state index contributed by atoms with van der Waals surface area (Å²) in [6.45, 7) is 9.52. The summed E-state index contributed by atoms with van der Waals surface area (Å²) >= 11 is 0. The molecule has 0 atom stereocenters. The molecule has 3 rings (SSSR count). The van der Waals surface area contributed by atoms with Gasteiger partial charge in [0.15, 0.2) is 0 Å². The number of nitrogens with zero attached hydrogens (tertiary/aromatic N) is 4. The monoisotopic (exact) mass is 310 g/mol. The normalized spacial score (nSPS) is 17.2. The summed E-state index contributed by atoms with van der Waals surface area (Å²) in [5.74, 6) is 1.17. The lowest BCUT2D eigenvalue weighted by Gasteiger charge is -2.36. The number of rotatable bonds is 7. The van der Waals surface area contributed by atoms with Crippen LogP contribution in [-0.4, -0.2) is 32.1 Å². The minimum Gasteiger partial charge on any atom is -0.337 e. The molecule has 0 radical (unpaired) electrons. The van der Waals surface area contributed by atoms with E-state index in [0.717, 1.165) is 31.5 Å². The molecule has 3 heterocycles. The SMILES string of the molecule is C=CCC1(CC=C)CCCN1Cc1nc(-c2ccccn2)no1. The van der Waals surface area contributed by atoms with E-state index in [9.17, 15) is 0 Å². The molecule has 120 valence electrons. The number of likely N-dealkylation sites (tertiary alicyclic amines) is 1. The molecular formula is C18H22N4O. The molecular weight excluding hydrogens is 288 g/mol. The zero-order valence-corrected chi connectivity index (χ0v) is 13.3. The van der Waals surface area contributed by atoms with E-state index < -0.39 is 0 Å². The molecule has 1 aliphatic heterocycles. The van der Waals surface area contributed by atoms with Crippen molar-refractivity contribution < 1.29 is 4.52 Å². The fraction of sp³-hybridized carbons (Fsp3) is 0.389. The van der Waals surface area contributed by atoms with Crippen LogP contribution in [0.4, 0.5) is 0 Å². The first-order valence-electron chi connectivity index (χ1n) is 7.98. The topological polar surface area (TPSA) is 55.1 Å². The summed E-state index contributed by atoms with van der Waals surface area (Å²) in [6.07, 6.45) is 9.92. The highest BCUT2D eigenvalue weighted by molar-refractivity contribution is 5.46. The lowest BCUT2D eigenvalue weighted by Crippen LogP contribution is -2.42. The predicted molar refractivity (Wildman–Crippen MR) is 89.5 cm³/mol. The van der Waals surface area contributed by atoms with Crippen LogP contribution in [0.2, 0.25) is 0 Å². The van der Waals surface area contributed by atoms with Crippen LogP contribution in [0.15, 0.2) is 54.2 Å². The minimum atomic E-state index is 0.0864. The van der Waals surface area contributed by atoms with Crippen molar-refractivity contribution in [3.05, 3.63) is 55.6 Å². The second kappa shape index (κ2) is 6.87. The molecule has 2 aromatic heterocycles. The molecule has 1 fully saturated rings. The van der Waals surface area contributed by atoms with Gasteiger partial charge in [0, 0.05) is 11.7 Å². The molecule has 1 saturated heterocycles. The van der Waals surface area contributed by atoms with Crippen molar-refractivity contribution in [2.75, 3.05) is 6.54 Å². The average Bonchev–Trinajstić information content (AvgIpc) is 3.18. The second-order valence-electron chi connectivity index (χ2n) is 5.96. The minimum absolute atomic E-state index is 0.0864. The first kappa shape index (κ1) is 15.6. The molecule has 23 heavy (non-hydrogen) atoms. The van der Waals surface area contributed by atoms with Crippen molar-refractivity contribution in [1.29, 1.82) is 0 Å². The van der Waals surface area contributed by atoms with Crippen LogP contribution in [0.25, 0.3) is 11.5 Å². The Kier molecular flexibility index (Phi) is 4.67. The van der Waals surface area contributed by atoms with Gasteiger partial charge in [-0.05, 0) is 44.4 Å². The van der Waals surface area contributed by atoms with Gasteiger partial charge in [0.05, 0.1) is 6.54 Å². The molecule has 2 aromatic rings. The van der Waals surface area contributed by atoms with Crippen LogP contribution in [0.5, 0.6) is 0 Å². The highest BCUT2D eigenvalue weighted by atomic mass is 16.5. The van der Waals surface area contributed by atoms with Gasteiger partial charge in [-0.15, -0.1) is 13.2 Å². The van der Waals surface area contributed by atoms with Crippen LogP contribution in [0.1, 0.15) is 31.6 Å². The Hall–Kier alpha value is -2.27. The molecule has 5 nitrogen and oxygen atoms in total. The summed E-state index contributed by atoms with van der Waals surface area (Å²) < 4.78 is 5.44. The van der Waals surface area contributed by atoms with Crippen LogP contribution in [0.3, 0.4) is 0 Å². The summed E-state index contributed by atoms with van der Waals surface area (Å²) in [6, 6.07) is 5.66. The largest absolute Gasteiger partial charge is 0.337 e. The molecule has 0 bridgehead atoms. The van der Waals surface area contributed by atoms with E-state index in [-0.39, 0.29) is 5.54 Å². The fourth-order valence-corrected chi connectivity index (χ4v) is 3.41. The van der Waals surface area contributed by atoms with Crippen molar-refractivity contribution in [2.24, 2.45) is 0 Å². The van der Waals surface area contributed by atoms with Gasteiger partial charge in [-0.2, -0.15) is 4.98 Å². The van der Waals surface area contributed by atoms with Gasteiger partial charge in [0.25, 0.3) is 0 Å². The lowest BCUT2D eigenvalue weighted by atomic mass is 9.88. The Morgan fingerprint density at radius 1 is 1.26 bits per heavy atom. The van der Waals surface area contributed by atoms with E-state index in [1.807, 2.05) is 30.4 Å². The molecule has 0 aromatic carbocycles. The van der Waals surface area contributed by atoms with Gasteiger partial charge >= 0.3 is 0 Å². The number of hydrogen-bond donors (Lipinski definition) is 0. The Morgan fingerprint density at radius 3 is 2.78 bits per heavy atom. The maximum absolute atomic E-state index is 5.44. The highest BCUT2D eigenvalue weighted by Crippen LogP contribution is 2.37. The lowest BCUT2D eigenvalue weighted by molar-refractivity contribution is 0.118.